The van der Waals surface area contributed by atoms with Crippen molar-refractivity contribution in [3.8, 4) is 11.5 Å². The molecular weight excluding hydrogens is 322 g/mol. The van der Waals surface area contributed by atoms with Gasteiger partial charge in [0.25, 0.3) is 0 Å². The minimum Gasteiger partial charge on any atom is -0.477 e. The van der Waals surface area contributed by atoms with Crippen molar-refractivity contribution in [2.45, 2.75) is 0 Å². The molecule has 2 aromatic carbocycles. The summed E-state index contributed by atoms with van der Waals surface area (Å²) < 4.78 is 32.6. The molecule has 0 saturated heterocycles. The third kappa shape index (κ3) is 2.90. The van der Waals surface area contributed by atoms with Crippen LogP contribution in [0.3, 0.4) is 0 Å². The fraction of sp³-hybridized carbons (Fsp3) is 0. The van der Waals surface area contributed by atoms with Crippen LogP contribution in [0.4, 0.5) is 8.78 Å². The standard InChI is InChI=1S/C13H7BrF2O3/c14-7-4-5-10(9(16)6-7)19-11-3-1-2-8(15)12(11)13(17)18/h1-6H,(H,17,18). The zero-order valence-corrected chi connectivity index (χ0v) is 10.9. The van der Waals surface area contributed by atoms with E-state index in [1.807, 2.05) is 0 Å². The predicted octanol–water partition coefficient (Wildman–Crippen LogP) is 4.22. The smallest absolute Gasteiger partial charge is 0.342 e. The summed E-state index contributed by atoms with van der Waals surface area (Å²) in [7, 11) is 0. The number of carbonyl (C=O) groups is 1. The van der Waals surface area contributed by atoms with Gasteiger partial charge in [0.05, 0.1) is 0 Å². The number of aromatic carboxylic acids is 1. The molecule has 0 bridgehead atoms. The Bertz CT molecular complexity index is 644. The van der Waals surface area contributed by atoms with Gasteiger partial charge in [-0.2, -0.15) is 0 Å². The molecule has 1 N–H and O–H groups in total. The van der Waals surface area contributed by atoms with E-state index in [9.17, 15) is 13.6 Å². The molecule has 0 aromatic heterocycles. The number of hydrogen-bond donors (Lipinski definition) is 1. The molecular formula is C13H7BrF2O3. The first-order valence-corrected chi connectivity index (χ1v) is 5.93. The molecule has 2 rings (SSSR count). The summed E-state index contributed by atoms with van der Waals surface area (Å²) in [4.78, 5) is 11.0. The number of halogens is 3. The highest BCUT2D eigenvalue weighted by molar-refractivity contribution is 9.10. The van der Waals surface area contributed by atoms with Crippen LogP contribution in [0.15, 0.2) is 40.9 Å². The van der Waals surface area contributed by atoms with Crippen LogP contribution in [0.5, 0.6) is 11.5 Å². The van der Waals surface area contributed by atoms with E-state index >= 15 is 0 Å². The Morgan fingerprint density at radius 2 is 1.84 bits per heavy atom. The van der Waals surface area contributed by atoms with E-state index in [1.54, 1.807) is 0 Å². The molecule has 3 nitrogen and oxygen atoms in total. The second-order valence-corrected chi connectivity index (χ2v) is 4.51. The molecule has 0 spiro atoms. The molecule has 0 unspecified atom stereocenters. The van der Waals surface area contributed by atoms with Gasteiger partial charge in [-0.3, -0.25) is 0 Å². The number of carboxylic acids is 1. The lowest BCUT2D eigenvalue weighted by molar-refractivity contribution is 0.0689. The normalized spacial score (nSPS) is 10.3. The Morgan fingerprint density at radius 3 is 2.47 bits per heavy atom. The lowest BCUT2D eigenvalue weighted by atomic mass is 10.2. The number of benzene rings is 2. The summed E-state index contributed by atoms with van der Waals surface area (Å²) in [6.45, 7) is 0. The monoisotopic (exact) mass is 328 g/mol. The van der Waals surface area contributed by atoms with Crippen molar-refractivity contribution in [3.05, 3.63) is 58.1 Å². The van der Waals surface area contributed by atoms with E-state index in [4.69, 9.17) is 9.84 Å². The summed E-state index contributed by atoms with van der Waals surface area (Å²) in [6, 6.07) is 7.54. The van der Waals surface area contributed by atoms with Gasteiger partial charge < -0.3 is 9.84 Å². The first-order chi connectivity index (χ1) is 8.99. The Balaban J connectivity index is 2.44. The van der Waals surface area contributed by atoms with Gasteiger partial charge in [-0.25, -0.2) is 13.6 Å². The average molecular weight is 329 g/mol. The van der Waals surface area contributed by atoms with E-state index in [-0.39, 0.29) is 11.5 Å². The first-order valence-electron chi connectivity index (χ1n) is 5.13. The largest absolute Gasteiger partial charge is 0.477 e. The minimum absolute atomic E-state index is 0.184. The summed E-state index contributed by atoms with van der Waals surface area (Å²) in [5.41, 5.74) is -0.634. The van der Waals surface area contributed by atoms with E-state index in [2.05, 4.69) is 15.9 Å². The van der Waals surface area contributed by atoms with Gasteiger partial charge in [-0.15, -0.1) is 0 Å². The van der Waals surface area contributed by atoms with Crippen LogP contribution < -0.4 is 4.74 Å². The van der Waals surface area contributed by atoms with E-state index in [0.29, 0.717) is 4.47 Å². The second kappa shape index (κ2) is 5.36. The summed E-state index contributed by atoms with van der Waals surface area (Å²) in [5, 5.41) is 8.92. The molecule has 98 valence electrons. The second-order valence-electron chi connectivity index (χ2n) is 3.59. The molecule has 0 aliphatic carbocycles. The van der Waals surface area contributed by atoms with Crippen LogP contribution in [0, 0.1) is 11.6 Å². The van der Waals surface area contributed by atoms with Gasteiger partial charge in [-0.05, 0) is 30.3 Å². The zero-order chi connectivity index (χ0) is 14.0. The zero-order valence-electron chi connectivity index (χ0n) is 9.36. The van der Waals surface area contributed by atoms with Crippen molar-refractivity contribution in [2.75, 3.05) is 0 Å². The highest BCUT2D eigenvalue weighted by atomic mass is 79.9. The predicted molar refractivity (Wildman–Crippen MR) is 67.5 cm³/mol. The number of hydrogen-bond acceptors (Lipinski definition) is 2. The summed E-state index contributed by atoms with van der Waals surface area (Å²) in [5.74, 6) is -3.55. The lowest BCUT2D eigenvalue weighted by Gasteiger charge is -2.10. The van der Waals surface area contributed by atoms with Gasteiger partial charge in [0.1, 0.15) is 17.1 Å². The molecule has 19 heavy (non-hydrogen) atoms. The van der Waals surface area contributed by atoms with Crippen LogP contribution in [-0.2, 0) is 0 Å². The topological polar surface area (TPSA) is 46.5 Å². The Morgan fingerprint density at radius 1 is 1.11 bits per heavy atom. The third-order valence-electron chi connectivity index (χ3n) is 2.30. The van der Waals surface area contributed by atoms with Gasteiger partial charge >= 0.3 is 5.97 Å². The number of rotatable bonds is 3. The Hall–Kier alpha value is -1.95. The summed E-state index contributed by atoms with van der Waals surface area (Å²) >= 11 is 3.08. The van der Waals surface area contributed by atoms with Gasteiger partial charge in [-0.1, -0.05) is 22.0 Å². The van der Waals surface area contributed by atoms with Gasteiger partial charge in [0.15, 0.2) is 11.6 Å². The molecule has 0 aliphatic heterocycles. The quantitative estimate of drug-likeness (QED) is 0.917. The van der Waals surface area contributed by atoms with Crippen molar-refractivity contribution < 1.29 is 23.4 Å². The maximum atomic E-state index is 13.6. The molecule has 0 radical (unpaired) electrons. The molecule has 0 aliphatic rings. The van der Waals surface area contributed by atoms with Crippen molar-refractivity contribution in [1.82, 2.24) is 0 Å². The van der Waals surface area contributed by atoms with E-state index in [0.717, 1.165) is 12.1 Å². The maximum absolute atomic E-state index is 13.6. The van der Waals surface area contributed by atoms with Crippen molar-refractivity contribution >= 4 is 21.9 Å². The molecule has 6 heteroatoms. The van der Waals surface area contributed by atoms with E-state index < -0.39 is 23.2 Å². The van der Waals surface area contributed by atoms with Crippen LogP contribution in [-0.4, -0.2) is 11.1 Å². The van der Waals surface area contributed by atoms with Crippen molar-refractivity contribution in [3.63, 3.8) is 0 Å². The third-order valence-corrected chi connectivity index (χ3v) is 2.80. The molecule has 0 fully saturated rings. The molecule has 0 amide bonds. The van der Waals surface area contributed by atoms with Crippen LogP contribution >= 0.6 is 15.9 Å². The fourth-order valence-corrected chi connectivity index (χ4v) is 1.81. The lowest BCUT2D eigenvalue weighted by Crippen LogP contribution is -2.03. The highest BCUT2D eigenvalue weighted by Gasteiger charge is 2.18. The van der Waals surface area contributed by atoms with E-state index in [1.165, 1.54) is 24.3 Å². The van der Waals surface area contributed by atoms with Crippen LogP contribution in [0.25, 0.3) is 0 Å². The average Bonchev–Trinajstić information content (AvgIpc) is 2.32. The first kappa shape index (κ1) is 13.5. The van der Waals surface area contributed by atoms with Crippen LogP contribution in [0.1, 0.15) is 10.4 Å². The summed E-state index contributed by atoms with van der Waals surface area (Å²) in [6.07, 6.45) is 0. The Kier molecular flexibility index (Phi) is 3.80. The van der Waals surface area contributed by atoms with Gasteiger partial charge in [0.2, 0.25) is 0 Å². The van der Waals surface area contributed by atoms with Crippen LogP contribution in [0.2, 0.25) is 0 Å². The minimum atomic E-state index is -1.48. The molecule has 0 heterocycles. The number of carboxylic acid groups (broad SMARTS) is 1. The Labute approximate surface area is 115 Å². The fourth-order valence-electron chi connectivity index (χ4n) is 1.47. The van der Waals surface area contributed by atoms with Crippen molar-refractivity contribution in [1.29, 1.82) is 0 Å². The maximum Gasteiger partial charge on any atom is 0.342 e. The molecule has 0 atom stereocenters. The number of ether oxygens (including phenoxy) is 1. The SMILES string of the molecule is O=C(O)c1c(F)cccc1Oc1ccc(Br)cc1F. The molecule has 2 aromatic rings. The van der Waals surface area contributed by atoms with Crippen molar-refractivity contribution in [2.24, 2.45) is 0 Å². The molecule has 0 saturated carbocycles. The van der Waals surface area contributed by atoms with Gasteiger partial charge in [0, 0.05) is 4.47 Å². The highest BCUT2D eigenvalue weighted by Crippen LogP contribution is 2.30.